The number of ether oxygens (including phenoxy) is 1. The molecular formula is C11H15NO. The fourth-order valence-electron chi connectivity index (χ4n) is 1.77. The molecule has 0 bridgehead atoms. The number of rotatable bonds is 2. The third kappa shape index (κ3) is 1.42. The normalized spacial score (nSPS) is 19.2. The SMILES string of the molecule is COc1ccc(C2(N)CCC2)cc1. The molecule has 0 unspecified atom stereocenters. The zero-order valence-corrected chi connectivity index (χ0v) is 7.92. The average molecular weight is 177 g/mol. The highest BCUT2D eigenvalue weighted by molar-refractivity contribution is 5.32. The van der Waals surface area contributed by atoms with Gasteiger partial charge in [-0.25, -0.2) is 0 Å². The van der Waals surface area contributed by atoms with Gasteiger partial charge in [0, 0.05) is 5.54 Å². The zero-order valence-electron chi connectivity index (χ0n) is 7.92. The van der Waals surface area contributed by atoms with E-state index in [2.05, 4.69) is 12.1 Å². The summed E-state index contributed by atoms with van der Waals surface area (Å²) in [6, 6.07) is 8.08. The molecule has 1 aliphatic carbocycles. The van der Waals surface area contributed by atoms with Gasteiger partial charge in [0.25, 0.3) is 0 Å². The molecule has 0 heterocycles. The van der Waals surface area contributed by atoms with Crippen molar-refractivity contribution in [3.05, 3.63) is 29.8 Å². The summed E-state index contributed by atoms with van der Waals surface area (Å²) in [5, 5.41) is 0. The van der Waals surface area contributed by atoms with Crippen LogP contribution in [0.25, 0.3) is 0 Å². The first-order valence-corrected chi connectivity index (χ1v) is 4.68. The molecule has 1 aromatic rings. The second kappa shape index (κ2) is 3.04. The lowest BCUT2D eigenvalue weighted by atomic mass is 9.73. The van der Waals surface area contributed by atoms with E-state index in [1.54, 1.807) is 7.11 Å². The fourth-order valence-corrected chi connectivity index (χ4v) is 1.77. The minimum Gasteiger partial charge on any atom is -0.497 e. The van der Waals surface area contributed by atoms with Gasteiger partial charge in [0.2, 0.25) is 0 Å². The second-order valence-corrected chi connectivity index (χ2v) is 3.74. The summed E-state index contributed by atoms with van der Waals surface area (Å²) in [5.41, 5.74) is 7.36. The predicted molar refractivity (Wildman–Crippen MR) is 52.7 cm³/mol. The van der Waals surface area contributed by atoms with Gasteiger partial charge in [-0.1, -0.05) is 12.1 Å². The molecule has 1 aliphatic rings. The molecule has 2 rings (SSSR count). The highest BCUT2D eigenvalue weighted by Crippen LogP contribution is 2.38. The van der Waals surface area contributed by atoms with Gasteiger partial charge >= 0.3 is 0 Å². The lowest BCUT2D eigenvalue weighted by Crippen LogP contribution is -2.43. The van der Waals surface area contributed by atoms with Crippen molar-refractivity contribution in [2.45, 2.75) is 24.8 Å². The van der Waals surface area contributed by atoms with Crippen LogP contribution < -0.4 is 10.5 Å². The number of nitrogens with two attached hydrogens (primary N) is 1. The molecule has 0 aromatic heterocycles. The second-order valence-electron chi connectivity index (χ2n) is 3.74. The third-order valence-corrected chi connectivity index (χ3v) is 2.91. The lowest BCUT2D eigenvalue weighted by Gasteiger charge is -2.38. The van der Waals surface area contributed by atoms with Crippen LogP contribution in [-0.4, -0.2) is 7.11 Å². The maximum Gasteiger partial charge on any atom is 0.118 e. The first kappa shape index (κ1) is 8.57. The molecule has 1 saturated carbocycles. The van der Waals surface area contributed by atoms with E-state index >= 15 is 0 Å². The molecule has 13 heavy (non-hydrogen) atoms. The van der Waals surface area contributed by atoms with Crippen LogP contribution in [0.4, 0.5) is 0 Å². The van der Waals surface area contributed by atoms with E-state index in [9.17, 15) is 0 Å². The van der Waals surface area contributed by atoms with Crippen molar-refractivity contribution < 1.29 is 4.74 Å². The Bertz CT molecular complexity index is 287. The Morgan fingerprint density at radius 3 is 2.23 bits per heavy atom. The lowest BCUT2D eigenvalue weighted by molar-refractivity contribution is 0.253. The molecule has 0 atom stereocenters. The Morgan fingerprint density at radius 1 is 1.23 bits per heavy atom. The smallest absolute Gasteiger partial charge is 0.118 e. The van der Waals surface area contributed by atoms with Gasteiger partial charge in [-0.2, -0.15) is 0 Å². The molecule has 70 valence electrons. The maximum absolute atomic E-state index is 6.17. The van der Waals surface area contributed by atoms with Crippen molar-refractivity contribution in [2.24, 2.45) is 5.73 Å². The molecule has 2 heteroatoms. The number of methoxy groups -OCH3 is 1. The Balaban J connectivity index is 2.22. The Labute approximate surface area is 78.7 Å². The largest absolute Gasteiger partial charge is 0.497 e. The first-order valence-electron chi connectivity index (χ1n) is 4.68. The van der Waals surface area contributed by atoms with E-state index in [0.717, 1.165) is 18.6 Å². The monoisotopic (exact) mass is 177 g/mol. The van der Waals surface area contributed by atoms with Crippen LogP contribution in [0.3, 0.4) is 0 Å². The quantitative estimate of drug-likeness (QED) is 0.750. The van der Waals surface area contributed by atoms with Gasteiger partial charge in [-0.3, -0.25) is 0 Å². The van der Waals surface area contributed by atoms with Crippen LogP contribution in [0, 0.1) is 0 Å². The van der Waals surface area contributed by atoms with Crippen molar-refractivity contribution in [2.75, 3.05) is 7.11 Å². The van der Waals surface area contributed by atoms with Gasteiger partial charge in [-0.05, 0) is 37.0 Å². The van der Waals surface area contributed by atoms with E-state index in [4.69, 9.17) is 10.5 Å². The summed E-state index contributed by atoms with van der Waals surface area (Å²) in [7, 11) is 1.68. The molecular weight excluding hydrogens is 162 g/mol. The van der Waals surface area contributed by atoms with E-state index in [1.807, 2.05) is 12.1 Å². The van der Waals surface area contributed by atoms with E-state index in [1.165, 1.54) is 12.0 Å². The van der Waals surface area contributed by atoms with E-state index in [0.29, 0.717) is 0 Å². The molecule has 0 radical (unpaired) electrons. The van der Waals surface area contributed by atoms with Crippen molar-refractivity contribution in [3.63, 3.8) is 0 Å². The minimum atomic E-state index is -0.0493. The highest BCUT2D eigenvalue weighted by atomic mass is 16.5. The molecule has 0 saturated heterocycles. The third-order valence-electron chi connectivity index (χ3n) is 2.91. The first-order chi connectivity index (χ1) is 6.24. The molecule has 2 N–H and O–H groups in total. The summed E-state index contributed by atoms with van der Waals surface area (Å²) in [4.78, 5) is 0. The highest BCUT2D eigenvalue weighted by Gasteiger charge is 2.33. The molecule has 1 fully saturated rings. The minimum absolute atomic E-state index is 0.0493. The van der Waals surface area contributed by atoms with Crippen LogP contribution in [0.15, 0.2) is 24.3 Å². The number of hydrogen-bond acceptors (Lipinski definition) is 2. The standard InChI is InChI=1S/C11H15NO/c1-13-10-5-3-9(4-6-10)11(12)7-2-8-11/h3-6H,2,7-8,12H2,1H3. The summed E-state index contributed by atoms with van der Waals surface area (Å²) >= 11 is 0. The van der Waals surface area contributed by atoms with Gasteiger partial charge in [0.1, 0.15) is 5.75 Å². The molecule has 2 nitrogen and oxygen atoms in total. The van der Waals surface area contributed by atoms with Gasteiger partial charge in [0.15, 0.2) is 0 Å². The maximum atomic E-state index is 6.17. The summed E-state index contributed by atoms with van der Waals surface area (Å²) in [6.45, 7) is 0. The van der Waals surface area contributed by atoms with Crippen molar-refractivity contribution in [3.8, 4) is 5.75 Å². The fraction of sp³-hybridized carbons (Fsp3) is 0.455. The zero-order chi connectivity index (χ0) is 9.31. The Hall–Kier alpha value is -1.02. The topological polar surface area (TPSA) is 35.2 Å². The van der Waals surface area contributed by atoms with Crippen LogP contribution in [-0.2, 0) is 5.54 Å². The van der Waals surface area contributed by atoms with Gasteiger partial charge in [0.05, 0.1) is 7.11 Å². The Morgan fingerprint density at radius 2 is 1.85 bits per heavy atom. The van der Waals surface area contributed by atoms with Crippen LogP contribution in [0.1, 0.15) is 24.8 Å². The van der Waals surface area contributed by atoms with Gasteiger partial charge in [-0.15, -0.1) is 0 Å². The van der Waals surface area contributed by atoms with E-state index in [-0.39, 0.29) is 5.54 Å². The molecule has 1 aromatic carbocycles. The van der Waals surface area contributed by atoms with Gasteiger partial charge < -0.3 is 10.5 Å². The van der Waals surface area contributed by atoms with Crippen molar-refractivity contribution in [1.82, 2.24) is 0 Å². The van der Waals surface area contributed by atoms with Crippen LogP contribution in [0.2, 0.25) is 0 Å². The predicted octanol–water partition coefficient (Wildman–Crippen LogP) is 2.03. The average Bonchev–Trinajstić information content (AvgIpc) is 2.14. The summed E-state index contributed by atoms with van der Waals surface area (Å²) < 4.78 is 5.09. The van der Waals surface area contributed by atoms with Crippen LogP contribution in [0.5, 0.6) is 5.75 Å². The molecule has 0 aliphatic heterocycles. The van der Waals surface area contributed by atoms with E-state index < -0.39 is 0 Å². The Kier molecular flexibility index (Phi) is 2.00. The number of hydrogen-bond donors (Lipinski definition) is 1. The van der Waals surface area contributed by atoms with Crippen LogP contribution >= 0.6 is 0 Å². The van der Waals surface area contributed by atoms with Crippen molar-refractivity contribution >= 4 is 0 Å². The summed E-state index contributed by atoms with van der Waals surface area (Å²) in [5.74, 6) is 0.895. The summed E-state index contributed by atoms with van der Waals surface area (Å²) in [6.07, 6.45) is 3.47. The number of benzene rings is 1. The van der Waals surface area contributed by atoms with Crippen molar-refractivity contribution in [1.29, 1.82) is 0 Å². The molecule has 0 spiro atoms. The molecule has 0 amide bonds.